The summed E-state index contributed by atoms with van der Waals surface area (Å²) in [7, 11) is 0. The molecule has 1 aliphatic rings. The topological polar surface area (TPSA) is 38.7 Å². The second kappa shape index (κ2) is 4.65. The molecule has 0 radical (unpaired) electrons. The van der Waals surface area contributed by atoms with Crippen LogP contribution in [0.1, 0.15) is 44.9 Å². The molecule has 0 bridgehead atoms. The molecule has 2 rings (SSSR count). The molecule has 0 saturated carbocycles. The van der Waals surface area contributed by atoms with Crippen LogP contribution in [-0.2, 0) is 15.3 Å². The Balaban J connectivity index is 2.20. The first-order valence-corrected chi connectivity index (χ1v) is 6.39. The summed E-state index contributed by atoms with van der Waals surface area (Å²) in [6.45, 7) is 9.25. The second-order valence-electron chi connectivity index (χ2n) is 6.03. The van der Waals surface area contributed by atoms with Crippen molar-refractivity contribution in [3.63, 3.8) is 0 Å². The zero-order valence-electron chi connectivity index (χ0n) is 11.6. The van der Waals surface area contributed by atoms with Crippen molar-refractivity contribution < 1.29 is 14.6 Å². The van der Waals surface area contributed by atoms with E-state index in [4.69, 9.17) is 9.47 Å². The summed E-state index contributed by atoms with van der Waals surface area (Å²) in [6.07, 6.45) is -0.468. The van der Waals surface area contributed by atoms with Gasteiger partial charge in [-0.2, -0.15) is 0 Å². The largest absolute Gasteiger partial charge is 0.388 e. The molecule has 1 unspecified atom stereocenters. The fraction of sp³-hybridized carbons (Fsp3) is 0.600. The Morgan fingerprint density at radius 1 is 1.11 bits per heavy atom. The van der Waals surface area contributed by atoms with Gasteiger partial charge in [0.15, 0.2) is 5.79 Å². The van der Waals surface area contributed by atoms with Crippen LogP contribution in [-0.4, -0.2) is 18.3 Å². The van der Waals surface area contributed by atoms with Gasteiger partial charge in [-0.1, -0.05) is 45.0 Å². The first-order chi connectivity index (χ1) is 8.33. The third-order valence-electron chi connectivity index (χ3n) is 3.41. The van der Waals surface area contributed by atoms with E-state index in [1.807, 2.05) is 52.0 Å². The van der Waals surface area contributed by atoms with Crippen molar-refractivity contribution in [2.24, 2.45) is 5.41 Å². The predicted octanol–water partition coefficient (Wildman–Crippen LogP) is 2.99. The molecule has 0 spiro atoms. The van der Waals surface area contributed by atoms with Crippen LogP contribution in [0, 0.1) is 5.41 Å². The number of hydrogen-bond acceptors (Lipinski definition) is 3. The van der Waals surface area contributed by atoms with Crippen LogP contribution < -0.4 is 0 Å². The number of aliphatic hydroxyl groups excluding tert-OH is 1. The first kappa shape index (κ1) is 13.5. The highest BCUT2D eigenvalue weighted by atomic mass is 16.7. The van der Waals surface area contributed by atoms with Crippen molar-refractivity contribution in [3.05, 3.63) is 35.4 Å². The van der Waals surface area contributed by atoms with Crippen LogP contribution in [0.4, 0.5) is 0 Å². The van der Waals surface area contributed by atoms with Gasteiger partial charge in [0.2, 0.25) is 0 Å². The van der Waals surface area contributed by atoms with Crippen LogP contribution in [0.15, 0.2) is 24.3 Å². The summed E-state index contributed by atoms with van der Waals surface area (Å²) in [5.74, 6) is -0.634. The molecule has 1 fully saturated rings. The molecule has 1 atom stereocenters. The Bertz CT molecular complexity index is 397. The molecule has 1 aromatic carbocycles. The highest BCUT2D eigenvalue weighted by Crippen LogP contribution is 2.35. The van der Waals surface area contributed by atoms with E-state index in [1.54, 1.807) is 0 Å². The van der Waals surface area contributed by atoms with Gasteiger partial charge in [-0.05, 0) is 17.9 Å². The highest BCUT2D eigenvalue weighted by Gasteiger charge is 2.33. The molecule has 1 heterocycles. The minimum absolute atomic E-state index is 0.161. The lowest BCUT2D eigenvalue weighted by Gasteiger charge is -2.27. The van der Waals surface area contributed by atoms with E-state index in [9.17, 15) is 5.11 Å². The zero-order valence-corrected chi connectivity index (χ0v) is 11.6. The average Bonchev–Trinajstić information content (AvgIpc) is 2.75. The van der Waals surface area contributed by atoms with E-state index in [0.29, 0.717) is 13.2 Å². The van der Waals surface area contributed by atoms with Crippen molar-refractivity contribution in [2.45, 2.75) is 39.6 Å². The third kappa shape index (κ3) is 2.58. The standard InChI is InChI=1S/C15H22O3/c1-14(2,3)13(16)11-5-7-12(8-6-11)15(4)17-9-10-18-15/h5-8,13,16H,9-10H2,1-4H3. The normalized spacial score (nSPS) is 20.9. The Labute approximate surface area is 109 Å². The summed E-state index contributed by atoms with van der Waals surface area (Å²) in [5.41, 5.74) is 1.75. The monoisotopic (exact) mass is 250 g/mol. The first-order valence-electron chi connectivity index (χ1n) is 6.39. The molecule has 0 aromatic heterocycles. The maximum Gasteiger partial charge on any atom is 0.192 e. The summed E-state index contributed by atoms with van der Waals surface area (Å²) in [5, 5.41) is 10.2. The summed E-state index contributed by atoms with van der Waals surface area (Å²) < 4.78 is 11.2. The molecular weight excluding hydrogens is 228 g/mol. The molecule has 1 aliphatic heterocycles. The Morgan fingerprint density at radius 3 is 2.06 bits per heavy atom. The summed E-state index contributed by atoms with van der Waals surface area (Å²) >= 11 is 0. The van der Waals surface area contributed by atoms with Crippen molar-refractivity contribution >= 4 is 0 Å². The average molecular weight is 250 g/mol. The smallest absolute Gasteiger partial charge is 0.192 e. The number of hydrogen-bond donors (Lipinski definition) is 1. The second-order valence-corrected chi connectivity index (χ2v) is 6.03. The molecule has 1 N–H and O–H groups in total. The SMILES string of the molecule is CC1(c2ccc(C(O)C(C)(C)C)cc2)OCCO1. The zero-order chi connectivity index (χ0) is 13.4. The van der Waals surface area contributed by atoms with Crippen molar-refractivity contribution in [1.82, 2.24) is 0 Å². The van der Waals surface area contributed by atoms with E-state index >= 15 is 0 Å². The molecule has 1 saturated heterocycles. The summed E-state index contributed by atoms with van der Waals surface area (Å²) in [6, 6.07) is 7.83. The molecule has 0 amide bonds. The number of aliphatic hydroxyl groups is 1. The molecule has 3 heteroatoms. The van der Waals surface area contributed by atoms with Crippen molar-refractivity contribution in [1.29, 1.82) is 0 Å². The van der Waals surface area contributed by atoms with Crippen LogP contribution in [0.5, 0.6) is 0 Å². The lowest BCUT2D eigenvalue weighted by Crippen LogP contribution is -2.23. The van der Waals surface area contributed by atoms with Gasteiger partial charge in [0.25, 0.3) is 0 Å². The molecule has 18 heavy (non-hydrogen) atoms. The van der Waals surface area contributed by atoms with Crippen molar-refractivity contribution in [3.8, 4) is 0 Å². The van der Waals surface area contributed by atoms with Crippen LogP contribution >= 0.6 is 0 Å². The van der Waals surface area contributed by atoms with Gasteiger partial charge in [-0.3, -0.25) is 0 Å². The molecule has 0 aliphatic carbocycles. The number of benzene rings is 1. The minimum atomic E-state index is -0.634. The van der Waals surface area contributed by atoms with Gasteiger partial charge in [-0.25, -0.2) is 0 Å². The van der Waals surface area contributed by atoms with Gasteiger partial charge in [0.05, 0.1) is 19.3 Å². The lowest BCUT2D eigenvalue weighted by molar-refractivity contribution is -0.149. The molecule has 1 aromatic rings. The Hall–Kier alpha value is -0.900. The maximum absolute atomic E-state index is 10.2. The van der Waals surface area contributed by atoms with E-state index in [-0.39, 0.29) is 5.41 Å². The van der Waals surface area contributed by atoms with E-state index in [0.717, 1.165) is 11.1 Å². The molecule has 100 valence electrons. The van der Waals surface area contributed by atoms with Gasteiger partial charge < -0.3 is 14.6 Å². The van der Waals surface area contributed by atoms with Gasteiger partial charge >= 0.3 is 0 Å². The predicted molar refractivity (Wildman–Crippen MR) is 70.1 cm³/mol. The third-order valence-corrected chi connectivity index (χ3v) is 3.41. The minimum Gasteiger partial charge on any atom is -0.388 e. The van der Waals surface area contributed by atoms with Crippen LogP contribution in [0.3, 0.4) is 0 Å². The van der Waals surface area contributed by atoms with E-state index in [2.05, 4.69) is 0 Å². The Morgan fingerprint density at radius 2 is 1.61 bits per heavy atom. The Kier molecular flexibility index (Phi) is 3.49. The summed E-state index contributed by atoms with van der Waals surface area (Å²) in [4.78, 5) is 0. The number of rotatable bonds is 2. The fourth-order valence-corrected chi connectivity index (χ4v) is 2.15. The van der Waals surface area contributed by atoms with E-state index < -0.39 is 11.9 Å². The van der Waals surface area contributed by atoms with E-state index in [1.165, 1.54) is 0 Å². The maximum atomic E-state index is 10.2. The van der Waals surface area contributed by atoms with Crippen LogP contribution in [0.25, 0.3) is 0 Å². The molecule has 3 nitrogen and oxygen atoms in total. The lowest BCUT2D eigenvalue weighted by atomic mass is 9.84. The quantitative estimate of drug-likeness (QED) is 0.877. The molecular formula is C15H22O3. The van der Waals surface area contributed by atoms with Crippen molar-refractivity contribution in [2.75, 3.05) is 13.2 Å². The number of ether oxygens (including phenoxy) is 2. The highest BCUT2D eigenvalue weighted by molar-refractivity contribution is 5.28. The van der Waals surface area contributed by atoms with Gasteiger partial charge in [-0.15, -0.1) is 0 Å². The van der Waals surface area contributed by atoms with Gasteiger partial charge in [0.1, 0.15) is 0 Å². The van der Waals surface area contributed by atoms with Gasteiger partial charge in [0, 0.05) is 5.56 Å². The fourth-order valence-electron chi connectivity index (χ4n) is 2.15. The van der Waals surface area contributed by atoms with Crippen LogP contribution in [0.2, 0.25) is 0 Å².